The lowest BCUT2D eigenvalue weighted by Crippen LogP contribution is -2.21. The number of benzene rings is 1. The van der Waals surface area contributed by atoms with Crippen molar-refractivity contribution in [2.24, 2.45) is 0 Å². The molecule has 1 aliphatic rings. The van der Waals surface area contributed by atoms with E-state index in [4.69, 9.17) is 9.47 Å². The van der Waals surface area contributed by atoms with Crippen molar-refractivity contribution in [3.63, 3.8) is 0 Å². The molecular weight excluding hydrogens is 272 g/mol. The van der Waals surface area contributed by atoms with Gasteiger partial charge >= 0.3 is 5.97 Å². The molecule has 0 amide bonds. The van der Waals surface area contributed by atoms with Gasteiger partial charge in [0.15, 0.2) is 6.61 Å². The monoisotopic (exact) mass is 288 g/mol. The van der Waals surface area contributed by atoms with Crippen LogP contribution in [0.5, 0.6) is 5.75 Å². The normalized spacial score (nSPS) is 13.2. The summed E-state index contributed by atoms with van der Waals surface area (Å²) < 4.78 is 11.9. The van der Waals surface area contributed by atoms with Crippen LogP contribution in [0.4, 0.5) is 0 Å². The highest BCUT2D eigenvalue weighted by Gasteiger charge is 2.16. The second-order valence-electron chi connectivity index (χ2n) is 4.86. The number of fused-ring (bicyclic) bond motifs is 2. The number of aryl methyl sites for hydroxylation is 1. The standard InChI is InChI=1S/C15H16N2O4/c1-2-20-14(18)9-21-10-5-6-12-11(8-10)15(19)17-7-3-4-13(17)16-12/h5-6,8H,2-4,7,9H2,1H3. The van der Waals surface area contributed by atoms with Crippen LogP contribution in [0.3, 0.4) is 0 Å². The van der Waals surface area contributed by atoms with Crippen molar-refractivity contribution >= 4 is 16.9 Å². The van der Waals surface area contributed by atoms with Gasteiger partial charge in [0, 0.05) is 13.0 Å². The number of nitrogens with zero attached hydrogens (tertiary/aromatic N) is 2. The minimum atomic E-state index is -0.429. The molecule has 21 heavy (non-hydrogen) atoms. The lowest BCUT2D eigenvalue weighted by molar-refractivity contribution is -0.145. The Hall–Kier alpha value is -2.37. The van der Waals surface area contributed by atoms with Crippen LogP contribution in [0.15, 0.2) is 23.0 Å². The van der Waals surface area contributed by atoms with Crippen LogP contribution in [0.2, 0.25) is 0 Å². The fourth-order valence-corrected chi connectivity index (χ4v) is 2.50. The Morgan fingerprint density at radius 2 is 2.29 bits per heavy atom. The van der Waals surface area contributed by atoms with Crippen molar-refractivity contribution in [1.29, 1.82) is 0 Å². The first-order valence-corrected chi connectivity index (χ1v) is 7.01. The molecule has 0 saturated heterocycles. The van der Waals surface area contributed by atoms with Gasteiger partial charge in [-0.05, 0) is 31.5 Å². The second-order valence-corrected chi connectivity index (χ2v) is 4.86. The Morgan fingerprint density at radius 1 is 1.43 bits per heavy atom. The third-order valence-electron chi connectivity index (χ3n) is 3.45. The lowest BCUT2D eigenvalue weighted by Gasteiger charge is -2.08. The zero-order chi connectivity index (χ0) is 14.8. The minimum Gasteiger partial charge on any atom is -0.482 e. The Labute approximate surface area is 121 Å². The summed E-state index contributed by atoms with van der Waals surface area (Å²) in [5.41, 5.74) is 0.616. The number of rotatable bonds is 4. The zero-order valence-electron chi connectivity index (χ0n) is 11.8. The fraction of sp³-hybridized carbons (Fsp3) is 0.400. The topological polar surface area (TPSA) is 70.4 Å². The quantitative estimate of drug-likeness (QED) is 0.793. The number of hydrogen-bond donors (Lipinski definition) is 0. The van der Waals surface area contributed by atoms with Crippen molar-refractivity contribution in [2.45, 2.75) is 26.3 Å². The summed E-state index contributed by atoms with van der Waals surface area (Å²) in [7, 11) is 0. The van der Waals surface area contributed by atoms with Gasteiger partial charge in [-0.2, -0.15) is 0 Å². The van der Waals surface area contributed by atoms with E-state index in [2.05, 4.69) is 4.98 Å². The molecule has 1 aromatic heterocycles. The number of hydrogen-bond acceptors (Lipinski definition) is 5. The highest BCUT2D eigenvalue weighted by molar-refractivity contribution is 5.79. The van der Waals surface area contributed by atoms with Gasteiger partial charge in [0.25, 0.3) is 5.56 Å². The zero-order valence-corrected chi connectivity index (χ0v) is 11.8. The maximum atomic E-state index is 12.4. The van der Waals surface area contributed by atoms with Crippen LogP contribution < -0.4 is 10.3 Å². The van der Waals surface area contributed by atoms with E-state index in [9.17, 15) is 9.59 Å². The molecule has 0 radical (unpaired) electrons. The Balaban J connectivity index is 1.90. The van der Waals surface area contributed by atoms with E-state index in [0.29, 0.717) is 29.8 Å². The van der Waals surface area contributed by atoms with Crippen LogP contribution in [0, 0.1) is 0 Å². The van der Waals surface area contributed by atoms with E-state index < -0.39 is 5.97 Å². The summed E-state index contributed by atoms with van der Waals surface area (Å²) in [6.45, 7) is 2.60. The molecule has 2 aromatic rings. The molecule has 0 N–H and O–H groups in total. The van der Waals surface area contributed by atoms with Crippen molar-refractivity contribution in [3.05, 3.63) is 34.4 Å². The Morgan fingerprint density at radius 3 is 3.10 bits per heavy atom. The van der Waals surface area contributed by atoms with E-state index in [1.165, 1.54) is 0 Å². The number of ether oxygens (including phenoxy) is 2. The summed E-state index contributed by atoms with van der Waals surface area (Å²) >= 11 is 0. The third kappa shape index (κ3) is 2.61. The van der Waals surface area contributed by atoms with Gasteiger partial charge in [0.2, 0.25) is 0 Å². The summed E-state index contributed by atoms with van der Waals surface area (Å²) in [5.74, 6) is 0.877. The maximum absolute atomic E-state index is 12.4. The molecule has 0 fully saturated rings. The average Bonchev–Trinajstić information content (AvgIpc) is 2.94. The van der Waals surface area contributed by atoms with Gasteiger partial charge in [-0.3, -0.25) is 9.36 Å². The van der Waals surface area contributed by atoms with Crippen LogP contribution >= 0.6 is 0 Å². The molecule has 2 heterocycles. The second kappa shape index (κ2) is 5.55. The van der Waals surface area contributed by atoms with Gasteiger partial charge in [0.05, 0.1) is 17.5 Å². The van der Waals surface area contributed by atoms with Crippen molar-refractivity contribution in [1.82, 2.24) is 9.55 Å². The van der Waals surface area contributed by atoms with Crippen molar-refractivity contribution in [3.8, 4) is 5.75 Å². The molecule has 6 nitrogen and oxygen atoms in total. The molecule has 0 aliphatic carbocycles. The van der Waals surface area contributed by atoms with Gasteiger partial charge in [-0.25, -0.2) is 9.78 Å². The number of carbonyl (C=O) groups is 1. The average molecular weight is 288 g/mol. The molecule has 110 valence electrons. The van der Waals surface area contributed by atoms with Crippen LogP contribution in [-0.2, 0) is 22.5 Å². The lowest BCUT2D eigenvalue weighted by atomic mass is 10.2. The largest absolute Gasteiger partial charge is 0.482 e. The van der Waals surface area contributed by atoms with Crippen LogP contribution in [0.1, 0.15) is 19.2 Å². The van der Waals surface area contributed by atoms with Crippen molar-refractivity contribution < 1.29 is 14.3 Å². The summed E-state index contributed by atoms with van der Waals surface area (Å²) in [6.07, 6.45) is 1.79. The number of carbonyl (C=O) groups excluding carboxylic acids is 1. The summed E-state index contributed by atoms with van der Waals surface area (Å²) in [6, 6.07) is 5.09. The van der Waals surface area contributed by atoms with E-state index in [1.807, 2.05) is 0 Å². The number of esters is 1. The van der Waals surface area contributed by atoms with Crippen LogP contribution in [-0.4, -0.2) is 28.7 Å². The van der Waals surface area contributed by atoms with E-state index >= 15 is 0 Å². The molecule has 1 aromatic carbocycles. The maximum Gasteiger partial charge on any atom is 0.344 e. The predicted octanol–water partition coefficient (Wildman–Crippen LogP) is 1.28. The molecular formula is C15H16N2O4. The number of aromatic nitrogens is 2. The highest BCUT2D eigenvalue weighted by atomic mass is 16.6. The molecule has 1 aliphatic heterocycles. The molecule has 0 atom stereocenters. The first kappa shape index (κ1) is 13.6. The van der Waals surface area contributed by atoms with Crippen molar-refractivity contribution in [2.75, 3.05) is 13.2 Å². The SMILES string of the molecule is CCOC(=O)COc1ccc2nc3n(c(=O)c2c1)CCC3. The molecule has 0 unspecified atom stereocenters. The molecule has 0 bridgehead atoms. The van der Waals surface area contributed by atoms with Gasteiger partial charge in [0.1, 0.15) is 11.6 Å². The summed E-state index contributed by atoms with van der Waals surface area (Å²) in [4.78, 5) is 28.2. The smallest absolute Gasteiger partial charge is 0.344 e. The first-order valence-electron chi connectivity index (χ1n) is 7.01. The van der Waals surface area contributed by atoms with E-state index in [0.717, 1.165) is 18.7 Å². The Kier molecular flexibility index (Phi) is 3.60. The Bertz CT molecular complexity index is 751. The molecule has 3 rings (SSSR count). The third-order valence-corrected chi connectivity index (χ3v) is 3.45. The van der Waals surface area contributed by atoms with Gasteiger partial charge < -0.3 is 9.47 Å². The van der Waals surface area contributed by atoms with Crippen LogP contribution in [0.25, 0.3) is 10.9 Å². The van der Waals surface area contributed by atoms with E-state index in [1.54, 1.807) is 29.7 Å². The minimum absolute atomic E-state index is 0.0471. The summed E-state index contributed by atoms with van der Waals surface area (Å²) in [5, 5.41) is 0.516. The highest BCUT2D eigenvalue weighted by Crippen LogP contribution is 2.19. The first-order chi connectivity index (χ1) is 10.2. The molecule has 0 saturated carbocycles. The van der Waals surface area contributed by atoms with E-state index in [-0.39, 0.29) is 12.2 Å². The molecule has 0 spiro atoms. The molecule has 6 heteroatoms. The van der Waals surface area contributed by atoms with Gasteiger partial charge in [-0.15, -0.1) is 0 Å². The van der Waals surface area contributed by atoms with Gasteiger partial charge in [-0.1, -0.05) is 0 Å². The predicted molar refractivity (Wildman–Crippen MR) is 76.5 cm³/mol. The fourth-order valence-electron chi connectivity index (χ4n) is 2.50.